The molecule has 0 spiro atoms. The summed E-state index contributed by atoms with van der Waals surface area (Å²) in [5.74, 6) is 2.23. The predicted molar refractivity (Wildman–Crippen MR) is 95.5 cm³/mol. The molecule has 0 aliphatic heterocycles. The number of sulfonamides is 1. The van der Waals surface area contributed by atoms with Gasteiger partial charge in [-0.15, -0.1) is 0 Å². The molecule has 3 rings (SSSR count). The molecular weight excluding hydrogens is 326 g/mol. The maximum Gasteiger partial charge on any atom is 0.319 e. The van der Waals surface area contributed by atoms with E-state index in [1.807, 2.05) is 0 Å². The topological polar surface area (TPSA) is 87.3 Å². The van der Waals surface area contributed by atoms with Crippen molar-refractivity contribution in [1.29, 1.82) is 0 Å². The van der Waals surface area contributed by atoms with Crippen LogP contribution in [0.2, 0.25) is 0 Å². The number of urea groups is 1. The van der Waals surface area contributed by atoms with E-state index in [4.69, 9.17) is 0 Å². The van der Waals surface area contributed by atoms with E-state index in [0.717, 1.165) is 18.1 Å². The fraction of sp³-hybridized carbons (Fsp3) is 0.588. The molecule has 2 bridgehead atoms. The van der Waals surface area contributed by atoms with Crippen molar-refractivity contribution in [3.8, 4) is 0 Å². The van der Waals surface area contributed by atoms with E-state index < -0.39 is 10.0 Å². The lowest BCUT2D eigenvalue weighted by Gasteiger charge is -2.28. The minimum absolute atomic E-state index is 0.173. The summed E-state index contributed by atoms with van der Waals surface area (Å²) < 4.78 is 24.7. The Labute approximate surface area is 143 Å². The minimum atomic E-state index is -3.29. The maximum absolute atomic E-state index is 12.2. The highest BCUT2D eigenvalue weighted by atomic mass is 32.2. The largest absolute Gasteiger partial charge is 0.335 e. The van der Waals surface area contributed by atoms with Crippen LogP contribution in [-0.4, -0.2) is 26.7 Å². The van der Waals surface area contributed by atoms with E-state index in [1.54, 1.807) is 24.3 Å². The number of hydrogen-bond donors (Lipinski definition) is 3. The highest BCUT2D eigenvalue weighted by Crippen LogP contribution is 2.49. The molecular formula is C17H25N3O3S. The van der Waals surface area contributed by atoms with Gasteiger partial charge in [0.2, 0.25) is 10.0 Å². The molecule has 2 fully saturated rings. The second-order valence-electron chi connectivity index (χ2n) is 7.18. The predicted octanol–water partition coefficient (Wildman–Crippen LogP) is 3.00. The van der Waals surface area contributed by atoms with E-state index in [2.05, 4.69) is 22.3 Å². The van der Waals surface area contributed by atoms with Crippen molar-refractivity contribution in [2.24, 2.45) is 17.8 Å². The molecule has 6 nitrogen and oxygen atoms in total. The summed E-state index contributed by atoms with van der Waals surface area (Å²) in [5.41, 5.74) is 1.10. The van der Waals surface area contributed by atoms with Crippen molar-refractivity contribution in [1.82, 2.24) is 5.32 Å². The Bertz CT molecular complexity index is 702. The highest BCUT2D eigenvalue weighted by molar-refractivity contribution is 7.92. The summed E-state index contributed by atoms with van der Waals surface area (Å²) >= 11 is 0. The molecule has 24 heavy (non-hydrogen) atoms. The van der Waals surface area contributed by atoms with Crippen molar-refractivity contribution in [3.63, 3.8) is 0 Å². The van der Waals surface area contributed by atoms with E-state index in [9.17, 15) is 13.2 Å². The number of benzene rings is 1. The Morgan fingerprint density at radius 2 is 1.79 bits per heavy atom. The van der Waals surface area contributed by atoms with Gasteiger partial charge in [0.25, 0.3) is 0 Å². The molecule has 0 saturated heterocycles. The van der Waals surface area contributed by atoms with Crippen molar-refractivity contribution in [3.05, 3.63) is 24.3 Å². The van der Waals surface area contributed by atoms with Gasteiger partial charge in [-0.25, -0.2) is 13.2 Å². The molecule has 0 aromatic heterocycles. The number of fused-ring (bicyclic) bond motifs is 2. The zero-order valence-electron chi connectivity index (χ0n) is 14.1. The van der Waals surface area contributed by atoms with Gasteiger partial charge in [-0.1, -0.05) is 6.42 Å². The average Bonchev–Trinajstić information content (AvgIpc) is 3.10. The first-order chi connectivity index (χ1) is 11.3. The van der Waals surface area contributed by atoms with Crippen LogP contribution in [-0.2, 0) is 10.0 Å². The first kappa shape index (κ1) is 17.1. The van der Waals surface area contributed by atoms with Gasteiger partial charge in [-0.3, -0.25) is 4.72 Å². The molecule has 7 heteroatoms. The Morgan fingerprint density at radius 1 is 1.12 bits per heavy atom. The Hall–Kier alpha value is -1.76. The van der Waals surface area contributed by atoms with E-state index in [1.165, 1.54) is 25.7 Å². The third-order valence-corrected chi connectivity index (χ3v) is 5.85. The summed E-state index contributed by atoms with van der Waals surface area (Å²) in [4.78, 5) is 12.2. The van der Waals surface area contributed by atoms with E-state index in [0.29, 0.717) is 17.3 Å². The van der Waals surface area contributed by atoms with Crippen LogP contribution in [0.4, 0.5) is 16.2 Å². The molecule has 4 atom stereocenters. The summed E-state index contributed by atoms with van der Waals surface area (Å²) in [7, 11) is -3.29. The number of carbonyl (C=O) groups is 1. The molecule has 2 saturated carbocycles. The van der Waals surface area contributed by atoms with Crippen LogP contribution in [0.5, 0.6) is 0 Å². The second-order valence-corrected chi connectivity index (χ2v) is 8.93. The molecule has 4 unspecified atom stereocenters. The Morgan fingerprint density at radius 3 is 2.33 bits per heavy atom. The van der Waals surface area contributed by atoms with E-state index in [-0.39, 0.29) is 12.1 Å². The molecule has 1 aromatic rings. The molecule has 1 aromatic carbocycles. The zero-order chi connectivity index (χ0) is 17.3. The highest BCUT2D eigenvalue weighted by Gasteiger charge is 2.42. The van der Waals surface area contributed by atoms with Crippen molar-refractivity contribution in [2.45, 2.75) is 38.6 Å². The fourth-order valence-corrected chi connectivity index (χ4v) is 4.79. The van der Waals surface area contributed by atoms with Crippen LogP contribution in [0.25, 0.3) is 0 Å². The molecule has 0 radical (unpaired) electrons. The number of anilines is 2. The summed E-state index contributed by atoms with van der Waals surface area (Å²) in [6, 6.07) is 6.55. The van der Waals surface area contributed by atoms with Gasteiger partial charge in [0.1, 0.15) is 0 Å². The van der Waals surface area contributed by atoms with Crippen LogP contribution in [0.3, 0.4) is 0 Å². The maximum atomic E-state index is 12.2. The number of amides is 2. The van der Waals surface area contributed by atoms with Crippen LogP contribution in [0, 0.1) is 17.8 Å². The standard InChI is InChI=1S/C17H25N3O3S/c1-11(16-10-12-3-4-13(16)9-12)18-17(21)19-14-5-7-15(8-6-14)20-24(2,22)23/h5-8,11-13,16,20H,3-4,9-10H2,1-2H3,(H2,18,19,21). The van der Waals surface area contributed by atoms with Crippen molar-refractivity contribution < 1.29 is 13.2 Å². The van der Waals surface area contributed by atoms with Crippen LogP contribution < -0.4 is 15.4 Å². The first-order valence-corrected chi connectivity index (χ1v) is 10.3. The van der Waals surface area contributed by atoms with Gasteiger partial charge in [-0.05, 0) is 68.2 Å². The van der Waals surface area contributed by atoms with Gasteiger partial charge in [0.05, 0.1) is 6.26 Å². The first-order valence-electron chi connectivity index (χ1n) is 8.45. The van der Waals surface area contributed by atoms with Gasteiger partial charge in [-0.2, -0.15) is 0 Å². The van der Waals surface area contributed by atoms with Gasteiger partial charge < -0.3 is 10.6 Å². The van der Waals surface area contributed by atoms with E-state index >= 15 is 0 Å². The average molecular weight is 351 g/mol. The quantitative estimate of drug-likeness (QED) is 0.762. The summed E-state index contributed by atoms with van der Waals surface area (Å²) in [6.07, 6.45) is 6.32. The number of rotatable bonds is 5. The lowest BCUT2D eigenvalue weighted by molar-refractivity contribution is 0.230. The molecule has 2 aliphatic carbocycles. The van der Waals surface area contributed by atoms with Crippen LogP contribution in [0.1, 0.15) is 32.6 Å². The number of carbonyl (C=O) groups excluding carboxylic acids is 1. The smallest absolute Gasteiger partial charge is 0.319 e. The third-order valence-electron chi connectivity index (χ3n) is 5.24. The second kappa shape index (κ2) is 6.63. The number of hydrogen-bond acceptors (Lipinski definition) is 3. The number of nitrogens with one attached hydrogen (secondary N) is 3. The van der Waals surface area contributed by atoms with Crippen LogP contribution >= 0.6 is 0 Å². The van der Waals surface area contributed by atoms with Crippen molar-refractivity contribution >= 4 is 27.4 Å². The zero-order valence-corrected chi connectivity index (χ0v) is 14.9. The SMILES string of the molecule is CC(NC(=O)Nc1ccc(NS(C)(=O)=O)cc1)C1CC2CCC1C2. The molecule has 2 amide bonds. The fourth-order valence-electron chi connectivity index (χ4n) is 4.22. The minimum Gasteiger partial charge on any atom is -0.335 e. The molecule has 0 heterocycles. The third kappa shape index (κ3) is 4.20. The van der Waals surface area contributed by atoms with Gasteiger partial charge in [0, 0.05) is 17.4 Å². The molecule has 132 valence electrons. The monoisotopic (exact) mass is 351 g/mol. The van der Waals surface area contributed by atoms with Crippen molar-refractivity contribution in [2.75, 3.05) is 16.3 Å². The summed E-state index contributed by atoms with van der Waals surface area (Å²) in [5, 5.41) is 5.85. The van der Waals surface area contributed by atoms with Gasteiger partial charge >= 0.3 is 6.03 Å². The lowest BCUT2D eigenvalue weighted by atomic mass is 9.84. The summed E-state index contributed by atoms with van der Waals surface area (Å²) in [6.45, 7) is 2.09. The molecule has 3 N–H and O–H groups in total. The van der Waals surface area contributed by atoms with Gasteiger partial charge in [0.15, 0.2) is 0 Å². The normalized spacial score (nSPS) is 26.8. The Balaban J connectivity index is 1.51. The Kier molecular flexibility index (Phi) is 4.71. The molecule has 2 aliphatic rings. The van der Waals surface area contributed by atoms with Crippen LogP contribution in [0.15, 0.2) is 24.3 Å². The lowest BCUT2D eigenvalue weighted by Crippen LogP contribution is -2.42.